The van der Waals surface area contributed by atoms with Crippen molar-refractivity contribution in [1.82, 2.24) is 20.6 Å². The topological polar surface area (TPSA) is 49.8 Å². The molecule has 0 aliphatic carbocycles. The average molecular weight is 294 g/mol. The summed E-state index contributed by atoms with van der Waals surface area (Å²) >= 11 is 0. The average Bonchev–Trinajstić information content (AvgIpc) is 2.51. The van der Waals surface area contributed by atoms with Crippen LogP contribution in [0.25, 0.3) is 11.4 Å². The van der Waals surface area contributed by atoms with E-state index in [4.69, 9.17) is 0 Å². The van der Waals surface area contributed by atoms with Crippen LogP contribution in [0.15, 0.2) is 61.2 Å². The molecule has 0 amide bonds. The molecule has 4 heteroatoms. The van der Waals surface area contributed by atoms with Crippen molar-refractivity contribution in [2.45, 2.75) is 26.9 Å². The summed E-state index contributed by atoms with van der Waals surface area (Å²) in [6.45, 7) is 13.1. The maximum absolute atomic E-state index is 4.42. The summed E-state index contributed by atoms with van der Waals surface area (Å²) in [5.41, 5.74) is 5.95. The third-order valence-corrected chi connectivity index (χ3v) is 3.10. The minimum atomic E-state index is 0.738. The van der Waals surface area contributed by atoms with E-state index in [0.29, 0.717) is 0 Å². The van der Waals surface area contributed by atoms with Crippen LogP contribution in [0, 0.1) is 0 Å². The fraction of sp³-hybridized carbons (Fsp3) is 0.222. The van der Waals surface area contributed by atoms with Gasteiger partial charge in [0.25, 0.3) is 0 Å². The zero-order valence-corrected chi connectivity index (χ0v) is 13.2. The van der Waals surface area contributed by atoms with Crippen molar-refractivity contribution in [3.05, 3.63) is 72.3 Å². The minimum Gasteiger partial charge on any atom is -0.385 e. The highest BCUT2D eigenvalue weighted by atomic mass is 14.9. The smallest absolute Gasteiger partial charge is 0.0889 e. The third-order valence-electron chi connectivity index (χ3n) is 3.10. The molecule has 0 saturated heterocycles. The summed E-state index contributed by atoms with van der Waals surface area (Å²) in [6, 6.07) is 8.08. The Labute approximate surface area is 132 Å². The van der Waals surface area contributed by atoms with Crippen LogP contribution in [0.4, 0.5) is 0 Å². The van der Waals surface area contributed by atoms with Crippen molar-refractivity contribution in [2.24, 2.45) is 0 Å². The molecule has 114 valence electrons. The quantitative estimate of drug-likeness (QED) is 0.822. The Morgan fingerprint density at radius 3 is 1.64 bits per heavy atom. The highest BCUT2D eigenvalue weighted by Gasteiger charge is 2.04. The molecule has 0 fully saturated rings. The molecule has 2 aromatic rings. The first-order valence-corrected chi connectivity index (χ1v) is 7.23. The number of aromatic nitrogens is 2. The first-order chi connectivity index (χ1) is 10.5. The van der Waals surface area contributed by atoms with E-state index < -0.39 is 0 Å². The second kappa shape index (κ2) is 7.41. The van der Waals surface area contributed by atoms with Gasteiger partial charge in [0, 0.05) is 36.9 Å². The Hall–Kier alpha value is -2.62. The molecule has 2 aromatic heterocycles. The van der Waals surface area contributed by atoms with Gasteiger partial charge in [-0.1, -0.05) is 13.2 Å². The molecule has 22 heavy (non-hydrogen) atoms. The van der Waals surface area contributed by atoms with E-state index >= 15 is 0 Å². The monoisotopic (exact) mass is 294 g/mol. The van der Waals surface area contributed by atoms with Gasteiger partial charge in [-0.2, -0.15) is 0 Å². The molecule has 4 nitrogen and oxygen atoms in total. The first-order valence-electron chi connectivity index (χ1n) is 7.23. The van der Waals surface area contributed by atoms with Crippen LogP contribution in [0.5, 0.6) is 0 Å². The largest absolute Gasteiger partial charge is 0.385 e. The lowest BCUT2D eigenvalue weighted by Crippen LogP contribution is -2.10. The van der Waals surface area contributed by atoms with Crippen molar-refractivity contribution in [1.29, 1.82) is 0 Å². The molecule has 0 bridgehead atoms. The second-order valence-corrected chi connectivity index (χ2v) is 5.37. The van der Waals surface area contributed by atoms with Gasteiger partial charge >= 0.3 is 0 Å². The van der Waals surface area contributed by atoms with Crippen LogP contribution in [-0.2, 0) is 13.1 Å². The lowest BCUT2D eigenvalue weighted by atomic mass is 10.1. The van der Waals surface area contributed by atoms with Gasteiger partial charge in [0.1, 0.15) is 0 Å². The van der Waals surface area contributed by atoms with Gasteiger partial charge in [-0.05, 0) is 49.2 Å². The summed E-state index contributed by atoms with van der Waals surface area (Å²) in [5.74, 6) is 0. The van der Waals surface area contributed by atoms with E-state index in [1.54, 1.807) is 0 Å². The molecule has 0 spiro atoms. The van der Waals surface area contributed by atoms with Crippen LogP contribution in [0.1, 0.15) is 25.0 Å². The Morgan fingerprint density at radius 2 is 1.27 bits per heavy atom. The van der Waals surface area contributed by atoms with Crippen molar-refractivity contribution in [3.63, 3.8) is 0 Å². The van der Waals surface area contributed by atoms with Gasteiger partial charge in [-0.25, -0.2) is 0 Å². The first kappa shape index (κ1) is 15.8. The summed E-state index contributed by atoms with van der Waals surface area (Å²) < 4.78 is 0. The number of rotatable bonds is 7. The van der Waals surface area contributed by atoms with Crippen LogP contribution in [0.2, 0.25) is 0 Å². The Kier molecular flexibility index (Phi) is 5.31. The zero-order chi connectivity index (χ0) is 15.9. The summed E-state index contributed by atoms with van der Waals surface area (Å²) in [4.78, 5) is 8.84. The predicted molar refractivity (Wildman–Crippen MR) is 90.8 cm³/mol. The van der Waals surface area contributed by atoms with Crippen LogP contribution >= 0.6 is 0 Å². The molecular weight excluding hydrogens is 272 g/mol. The van der Waals surface area contributed by atoms with E-state index in [1.165, 1.54) is 0 Å². The summed E-state index contributed by atoms with van der Waals surface area (Å²) in [5, 5.41) is 6.44. The molecule has 2 heterocycles. The maximum atomic E-state index is 4.42. The molecule has 0 aromatic carbocycles. The van der Waals surface area contributed by atoms with E-state index in [2.05, 4.69) is 33.8 Å². The number of nitrogens with one attached hydrogen (secondary N) is 2. The zero-order valence-electron chi connectivity index (χ0n) is 13.2. The lowest BCUT2D eigenvalue weighted by Gasteiger charge is -2.09. The molecule has 0 unspecified atom stereocenters. The highest BCUT2D eigenvalue weighted by Crippen LogP contribution is 2.17. The summed E-state index contributed by atoms with van der Waals surface area (Å²) in [7, 11) is 0. The van der Waals surface area contributed by atoms with E-state index in [-0.39, 0.29) is 0 Å². The Balaban J connectivity index is 2.16. The highest BCUT2D eigenvalue weighted by molar-refractivity contribution is 5.55. The van der Waals surface area contributed by atoms with Crippen molar-refractivity contribution < 1.29 is 0 Å². The number of allylic oxidation sites excluding steroid dienone is 2. The number of hydrogen-bond acceptors (Lipinski definition) is 4. The molecule has 0 atom stereocenters. The van der Waals surface area contributed by atoms with Crippen molar-refractivity contribution in [3.8, 4) is 11.4 Å². The van der Waals surface area contributed by atoms with Crippen molar-refractivity contribution in [2.75, 3.05) is 0 Å². The fourth-order valence-electron chi connectivity index (χ4n) is 1.95. The van der Waals surface area contributed by atoms with Gasteiger partial charge in [0.2, 0.25) is 0 Å². The van der Waals surface area contributed by atoms with Gasteiger partial charge in [-0.15, -0.1) is 0 Å². The Bertz CT molecular complexity index is 617. The third kappa shape index (κ3) is 4.74. The molecule has 2 N–H and O–H groups in total. The number of nitrogens with zero attached hydrogens (tertiary/aromatic N) is 2. The van der Waals surface area contributed by atoms with E-state index in [1.807, 2.05) is 50.5 Å². The lowest BCUT2D eigenvalue weighted by molar-refractivity contribution is 0.812. The molecule has 0 aliphatic rings. The van der Waals surface area contributed by atoms with Gasteiger partial charge in [0.05, 0.1) is 11.4 Å². The maximum Gasteiger partial charge on any atom is 0.0889 e. The van der Waals surface area contributed by atoms with Crippen LogP contribution < -0.4 is 10.6 Å². The summed E-state index contributed by atoms with van der Waals surface area (Å²) in [6.07, 6.45) is 3.62. The fourth-order valence-corrected chi connectivity index (χ4v) is 1.95. The van der Waals surface area contributed by atoms with Crippen LogP contribution in [-0.4, -0.2) is 9.97 Å². The second-order valence-electron chi connectivity index (χ2n) is 5.37. The van der Waals surface area contributed by atoms with E-state index in [0.717, 1.165) is 47.0 Å². The Morgan fingerprint density at radius 1 is 0.864 bits per heavy atom. The standard InChI is InChI=1S/C18H22N4/c1-13(2)21-11-15-5-7-19-17(9-15)18-10-16(6-8-20-18)12-22-14(3)4/h5-10,21-22H,1,3,11-12H2,2,4H3. The van der Waals surface area contributed by atoms with Gasteiger partial charge in [-0.3, -0.25) is 9.97 Å². The van der Waals surface area contributed by atoms with Gasteiger partial charge in [0.15, 0.2) is 0 Å². The molecule has 0 aliphatic heterocycles. The number of pyridine rings is 2. The van der Waals surface area contributed by atoms with Crippen LogP contribution in [0.3, 0.4) is 0 Å². The molecule has 0 radical (unpaired) electrons. The van der Waals surface area contributed by atoms with E-state index in [9.17, 15) is 0 Å². The molecule has 2 rings (SSSR count). The van der Waals surface area contributed by atoms with Gasteiger partial charge < -0.3 is 10.6 Å². The SMILES string of the molecule is C=C(C)NCc1ccnc(-c2cc(CNC(=C)C)ccn2)c1. The normalized spacial score (nSPS) is 10.1. The molecule has 0 saturated carbocycles. The number of hydrogen-bond donors (Lipinski definition) is 2. The minimum absolute atomic E-state index is 0.738. The molecular formula is C18H22N4. The van der Waals surface area contributed by atoms with Crippen molar-refractivity contribution >= 4 is 0 Å². The predicted octanol–water partition coefficient (Wildman–Crippen LogP) is 3.39.